The molecule has 9 N–H and O–H groups in total. The number of halogens is 3. The van der Waals surface area contributed by atoms with Crippen LogP contribution in [0.2, 0.25) is 0 Å². The van der Waals surface area contributed by atoms with Crippen LogP contribution >= 0.6 is 47.8 Å². The molecule has 41 heavy (non-hydrogen) atoms. The van der Waals surface area contributed by atoms with Crippen molar-refractivity contribution in [3.63, 3.8) is 0 Å². The molecule has 0 saturated heterocycles. The second-order valence-electron chi connectivity index (χ2n) is 7.76. The number of hydrogen-bond acceptors (Lipinski definition) is 8. The number of alkyl halides is 3. The molecule has 0 aliphatic heterocycles. The van der Waals surface area contributed by atoms with E-state index in [0.717, 1.165) is 70.4 Å². The molecule has 15 heteroatoms. The molecule has 0 rings (SSSR count). The average molecular weight is 785 g/mol. The van der Waals surface area contributed by atoms with E-state index in [9.17, 15) is 28.8 Å². The maximum absolute atomic E-state index is 10.7. The minimum Gasteiger partial charge on any atom is -0.370 e. The number of hydrogen-bond donors (Lipinski definition) is 6. The molecule has 0 aromatic rings. The van der Waals surface area contributed by atoms with E-state index in [1.807, 2.05) is 0 Å². The maximum atomic E-state index is 10.7. The van der Waals surface area contributed by atoms with Crippen LogP contribution in [0.5, 0.6) is 0 Å². The van der Waals surface area contributed by atoms with E-state index in [4.69, 9.17) is 5.73 Å². The average Bonchev–Trinajstić information content (AvgIpc) is 3.00. The first-order chi connectivity index (χ1) is 19.8. The summed E-state index contributed by atoms with van der Waals surface area (Å²) in [5.74, 6) is -0.227. The lowest BCUT2D eigenvalue weighted by molar-refractivity contribution is -0.119. The van der Waals surface area contributed by atoms with Gasteiger partial charge in [0.15, 0.2) is 0 Å². The lowest BCUT2D eigenvalue weighted by atomic mass is 10.2. The number of aldehydes is 2. The molecule has 244 valence electrons. The van der Waals surface area contributed by atoms with Gasteiger partial charge >= 0.3 is 0 Å². The summed E-state index contributed by atoms with van der Waals surface area (Å²) in [6.07, 6.45) is 11.9. The van der Waals surface area contributed by atoms with E-state index in [-0.39, 0.29) is 23.6 Å². The van der Waals surface area contributed by atoms with E-state index >= 15 is 0 Å². The minimum atomic E-state index is -0.260. The lowest BCUT2D eigenvalue weighted by Crippen LogP contribution is -2.25. The Hall–Kier alpha value is -1.42. The predicted molar refractivity (Wildman–Crippen MR) is 177 cm³/mol. The Morgan fingerprint density at radius 3 is 1.07 bits per heavy atom. The molecular weight excluding hydrogens is 732 g/mol. The number of amides is 4. The van der Waals surface area contributed by atoms with Gasteiger partial charge in [-0.1, -0.05) is 67.1 Å². The molecule has 0 aliphatic carbocycles. The molecule has 12 nitrogen and oxygen atoms in total. The molecule has 0 fully saturated rings. The third kappa shape index (κ3) is 59.0. The van der Waals surface area contributed by atoms with Crippen molar-refractivity contribution >= 4 is 84.0 Å². The highest BCUT2D eigenvalue weighted by molar-refractivity contribution is 9.09. The molecule has 0 unspecified atom stereocenters. The predicted octanol–water partition coefficient (Wildman–Crippen LogP) is 2.21. The van der Waals surface area contributed by atoms with Crippen molar-refractivity contribution in [2.75, 3.05) is 49.7 Å². The zero-order chi connectivity index (χ0) is 32.6. The van der Waals surface area contributed by atoms with Crippen LogP contribution in [0, 0.1) is 0 Å². The largest absolute Gasteiger partial charge is 0.370 e. The van der Waals surface area contributed by atoms with Crippen LogP contribution in [0.25, 0.3) is 0 Å². The fourth-order valence-corrected chi connectivity index (χ4v) is 3.08. The molecule has 0 spiro atoms. The van der Waals surface area contributed by atoms with Crippen LogP contribution < -0.4 is 33.2 Å². The number of rotatable bonds is 21. The van der Waals surface area contributed by atoms with E-state index in [1.54, 1.807) is 0 Å². The topological polar surface area (TPSA) is 217 Å². The number of carbonyl (C=O) groups excluding carboxylic acids is 6. The van der Waals surface area contributed by atoms with E-state index in [1.165, 1.54) is 14.1 Å². The fraction of sp³-hybridized carbons (Fsp3) is 0.769. The quantitative estimate of drug-likeness (QED) is 0.0575. The number of primary amides is 1. The van der Waals surface area contributed by atoms with Gasteiger partial charge in [0.2, 0.25) is 23.6 Å². The van der Waals surface area contributed by atoms with Crippen molar-refractivity contribution in [1.29, 1.82) is 0 Å². The highest BCUT2D eigenvalue weighted by Gasteiger charge is 1.98. The van der Waals surface area contributed by atoms with E-state index < -0.39 is 0 Å². The molecule has 0 aromatic heterocycles. The van der Waals surface area contributed by atoms with Crippen LogP contribution in [0.15, 0.2) is 0 Å². The van der Waals surface area contributed by atoms with Gasteiger partial charge in [0, 0.05) is 38.9 Å². The summed E-state index contributed by atoms with van der Waals surface area (Å²) in [6, 6.07) is 0. The Bertz CT molecular complexity index is 588. The van der Waals surface area contributed by atoms with E-state index in [2.05, 4.69) is 75.2 Å². The molecule has 0 aromatic carbocycles. The highest BCUT2D eigenvalue weighted by atomic mass is 79.9. The van der Waals surface area contributed by atoms with Crippen LogP contribution in [0.3, 0.4) is 0 Å². The Balaban J connectivity index is -0.000000149. The van der Waals surface area contributed by atoms with Crippen molar-refractivity contribution in [2.24, 2.45) is 17.2 Å². The zero-order valence-electron chi connectivity index (χ0n) is 24.7. The monoisotopic (exact) mass is 782 g/mol. The van der Waals surface area contributed by atoms with Gasteiger partial charge in [0.05, 0.1) is 16.0 Å². The van der Waals surface area contributed by atoms with E-state index in [0.29, 0.717) is 54.9 Å². The summed E-state index contributed by atoms with van der Waals surface area (Å²) in [5, 5.41) is 9.26. The first-order valence-electron chi connectivity index (χ1n) is 13.6. The summed E-state index contributed by atoms with van der Waals surface area (Å²) in [5.41, 5.74) is 14.0. The van der Waals surface area contributed by atoms with Gasteiger partial charge in [-0.15, -0.1) is 0 Å². The van der Waals surface area contributed by atoms with Gasteiger partial charge in [-0.25, -0.2) is 0 Å². The van der Waals surface area contributed by atoms with Gasteiger partial charge in [0.1, 0.15) is 12.6 Å². The SMILES string of the molecule is CN.CN.NC(=O)CCCCCNC(=O)CBr.O=CCCCCCNC(=O)CBr.O=CCCCCCNC(=O)CBr. The molecular formula is C26H53Br3N6O6. The first kappa shape index (κ1) is 49.3. The van der Waals surface area contributed by atoms with Crippen LogP contribution in [0.4, 0.5) is 0 Å². The first-order valence-corrected chi connectivity index (χ1v) is 16.9. The number of nitrogens with two attached hydrogens (primary N) is 3. The van der Waals surface area contributed by atoms with Gasteiger partial charge < -0.3 is 42.7 Å². The van der Waals surface area contributed by atoms with Crippen LogP contribution in [-0.2, 0) is 28.8 Å². The Labute approximate surface area is 271 Å². The Morgan fingerprint density at radius 1 is 0.537 bits per heavy atom. The van der Waals surface area contributed by atoms with Gasteiger partial charge in [0.25, 0.3) is 0 Å². The zero-order valence-corrected chi connectivity index (χ0v) is 29.5. The minimum absolute atomic E-state index is 0.00472. The number of nitrogens with one attached hydrogen (secondary N) is 3. The van der Waals surface area contributed by atoms with Crippen LogP contribution in [0.1, 0.15) is 77.0 Å². The second-order valence-corrected chi connectivity index (χ2v) is 9.44. The molecule has 0 aliphatic rings. The van der Waals surface area contributed by atoms with Crippen molar-refractivity contribution in [2.45, 2.75) is 77.0 Å². The maximum Gasteiger partial charge on any atom is 0.230 e. The summed E-state index contributed by atoms with van der Waals surface area (Å²) in [6.45, 7) is 2.09. The molecule has 0 saturated carbocycles. The smallest absolute Gasteiger partial charge is 0.230 e. The number of carbonyl (C=O) groups is 6. The molecule has 4 amide bonds. The third-order valence-corrected chi connectivity index (χ3v) is 5.96. The summed E-state index contributed by atoms with van der Waals surface area (Å²) in [7, 11) is 3.00. The molecule has 0 bridgehead atoms. The van der Waals surface area contributed by atoms with Crippen LogP contribution in [-0.4, -0.2) is 85.9 Å². The standard InChI is InChI=1S/C8H15BrN2O2.2C8H14BrNO2.2CH5N/c9-6-8(13)11-5-3-1-2-4-7(10)12;2*9-7-8(12)10-5-3-1-2-4-6-11;2*1-2/h1-6H2,(H2,10,12)(H,11,13);2*6H,1-5,7H2,(H,10,12);2*2H2,1H3. The van der Waals surface area contributed by atoms with Crippen molar-refractivity contribution in [1.82, 2.24) is 16.0 Å². The summed E-state index contributed by atoms with van der Waals surface area (Å²) in [4.78, 5) is 62.3. The highest BCUT2D eigenvalue weighted by Crippen LogP contribution is 1.98. The second kappa shape index (κ2) is 48.3. The third-order valence-electron chi connectivity index (χ3n) is 4.43. The molecule has 0 radical (unpaired) electrons. The Kier molecular flexibility index (Phi) is 58.1. The lowest BCUT2D eigenvalue weighted by Gasteiger charge is -2.01. The Morgan fingerprint density at radius 2 is 0.829 bits per heavy atom. The van der Waals surface area contributed by atoms with Crippen molar-refractivity contribution < 1.29 is 28.8 Å². The summed E-state index contributed by atoms with van der Waals surface area (Å²) < 4.78 is 0. The van der Waals surface area contributed by atoms with Gasteiger partial charge in [-0.05, 0) is 52.6 Å². The van der Waals surface area contributed by atoms with Crippen molar-refractivity contribution in [3.05, 3.63) is 0 Å². The fourth-order valence-electron chi connectivity index (χ4n) is 2.49. The normalized spacial score (nSPS) is 8.85. The van der Waals surface area contributed by atoms with Crippen molar-refractivity contribution in [3.8, 4) is 0 Å². The van der Waals surface area contributed by atoms with Gasteiger partial charge in [-0.2, -0.15) is 0 Å². The molecule has 0 atom stereocenters. The van der Waals surface area contributed by atoms with Gasteiger partial charge in [-0.3, -0.25) is 19.2 Å². The summed E-state index contributed by atoms with van der Waals surface area (Å²) >= 11 is 9.14. The molecule has 0 heterocycles. The number of unbranched alkanes of at least 4 members (excludes halogenated alkanes) is 8.